The van der Waals surface area contributed by atoms with Gasteiger partial charge < -0.3 is 10.6 Å². The average molecular weight is 349 g/mol. The Labute approximate surface area is 134 Å². The van der Waals surface area contributed by atoms with E-state index in [1.54, 1.807) is 0 Å². The van der Waals surface area contributed by atoms with E-state index in [1.807, 2.05) is 31.2 Å². The summed E-state index contributed by atoms with van der Waals surface area (Å²) in [5, 5.41) is 6.71. The maximum Gasteiger partial charge on any atom is 0.139 e. The van der Waals surface area contributed by atoms with E-state index in [1.165, 1.54) is 0 Å². The monoisotopic (exact) mass is 348 g/mol. The fourth-order valence-corrected chi connectivity index (χ4v) is 2.33. The number of para-hydroxylation sites is 1. The van der Waals surface area contributed by atoms with Gasteiger partial charge in [-0.05, 0) is 41.9 Å². The number of anilines is 3. The molecule has 0 unspecified atom stereocenters. The molecule has 0 amide bonds. The molecule has 0 saturated heterocycles. The third-order valence-corrected chi connectivity index (χ3v) is 3.84. The highest BCUT2D eigenvalue weighted by molar-refractivity contribution is 9.10. The topological polar surface area (TPSA) is 49.8 Å². The summed E-state index contributed by atoms with van der Waals surface area (Å²) in [7, 11) is 0. The molecule has 1 aromatic carbocycles. The van der Waals surface area contributed by atoms with Crippen LogP contribution in [0.4, 0.5) is 17.3 Å². The molecule has 1 heterocycles. The summed E-state index contributed by atoms with van der Waals surface area (Å²) >= 11 is 3.55. The number of halogens is 1. The van der Waals surface area contributed by atoms with Crippen LogP contribution >= 0.6 is 15.9 Å². The molecule has 0 radical (unpaired) electrons. The van der Waals surface area contributed by atoms with Crippen molar-refractivity contribution >= 4 is 33.3 Å². The molecule has 2 aromatic rings. The van der Waals surface area contributed by atoms with Crippen LogP contribution in [0.3, 0.4) is 0 Å². The molecule has 0 aliphatic rings. The minimum Gasteiger partial charge on any atom is -0.370 e. The van der Waals surface area contributed by atoms with E-state index in [0.29, 0.717) is 0 Å². The summed E-state index contributed by atoms with van der Waals surface area (Å²) < 4.78 is 1.01. The zero-order valence-corrected chi connectivity index (χ0v) is 14.5. The maximum absolute atomic E-state index is 4.67. The van der Waals surface area contributed by atoms with Gasteiger partial charge in [-0.25, -0.2) is 9.97 Å². The van der Waals surface area contributed by atoms with Crippen molar-refractivity contribution in [2.24, 2.45) is 0 Å². The molecular weight excluding hydrogens is 328 g/mol. The van der Waals surface area contributed by atoms with Crippen LogP contribution in [-0.2, 0) is 0 Å². The molecule has 0 atom stereocenters. The number of hydrogen-bond donors (Lipinski definition) is 2. The van der Waals surface area contributed by atoms with Crippen molar-refractivity contribution in [3.05, 3.63) is 40.1 Å². The van der Waals surface area contributed by atoms with E-state index in [4.69, 9.17) is 0 Å². The zero-order valence-electron chi connectivity index (χ0n) is 12.9. The van der Waals surface area contributed by atoms with Crippen LogP contribution in [0.5, 0.6) is 0 Å². The third kappa shape index (κ3) is 3.73. The minimum absolute atomic E-state index is 0.280. The fraction of sp³-hybridized carbons (Fsp3) is 0.375. The number of nitrogens with one attached hydrogen (secondary N) is 2. The van der Waals surface area contributed by atoms with E-state index in [9.17, 15) is 0 Å². The van der Waals surface area contributed by atoms with Gasteiger partial charge in [-0.1, -0.05) is 26.0 Å². The summed E-state index contributed by atoms with van der Waals surface area (Å²) in [6.45, 7) is 9.13. The number of hydrogen-bond acceptors (Lipinski definition) is 4. The molecule has 5 heteroatoms. The second kappa shape index (κ2) is 6.89. The van der Waals surface area contributed by atoms with Gasteiger partial charge >= 0.3 is 0 Å². The minimum atomic E-state index is 0.280. The van der Waals surface area contributed by atoms with Gasteiger partial charge in [0.2, 0.25) is 0 Å². The quantitative estimate of drug-likeness (QED) is 0.810. The highest BCUT2D eigenvalue weighted by Crippen LogP contribution is 2.29. The number of rotatable bonds is 5. The van der Waals surface area contributed by atoms with E-state index >= 15 is 0 Å². The highest BCUT2D eigenvalue weighted by atomic mass is 79.9. The first kappa shape index (κ1) is 15.8. The van der Waals surface area contributed by atoms with Crippen molar-refractivity contribution in [2.45, 2.75) is 33.6 Å². The smallest absolute Gasteiger partial charge is 0.139 e. The standard InChI is InChI=1S/C16H21BrN4/c1-5-18-15-11(4)16(21-14(20-15)10(2)3)19-13-9-7-6-8-12(13)17/h6-10H,5H2,1-4H3,(H2,18,19,20,21). The van der Waals surface area contributed by atoms with Crippen LogP contribution in [0.25, 0.3) is 0 Å². The molecule has 2 N–H and O–H groups in total. The molecular formula is C16H21BrN4. The molecule has 0 bridgehead atoms. The van der Waals surface area contributed by atoms with Gasteiger partial charge in [0, 0.05) is 22.5 Å². The largest absolute Gasteiger partial charge is 0.370 e. The number of nitrogens with zero attached hydrogens (tertiary/aromatic N) is 2. The van der Waals surface area contributed by atoms with E-state index < -0.39 is 0 Å². The molecule has 21 heavy (non-hydrogen) atoms. The van der Waals surface area contributed by atoms with Crippen molar-refractivity contribution in [3.8, 4) is 0 Å². The molecule has 0 aliphatic carbocycles. The lowest BCUT2D eigenvalue weighted by Gasteiger charge is -2.16. The fourth-order valence-electron chi connectivity index (χ4n) is 1.94. The van der Waals surface area contributed by atoms with Crippen LogP contribution < -0.4 is 10.6 Å². The van der Waals surface area contributed by atoms with E-state index in [-0.39, 0.29) is 5.92 Å². The van der Waals surface area contributed by atoms with E-state index in [0.717, 1.165) is 39.7 Å². The number of benzene rings is 1. The van der Waals surface area contributed by atoms with Crippen LogP contribution in [0.1, 0.15) is 38.1 Å². The predicted molar refractivity (Wildman–Crippen MR) is 92.4 cm³/mol. The summed E-state index contributed by atoms with van der Waals surface area (Å²) in [5.41, 5.74) is 2.02. The van der Waals surface area contributed by atoms with Gasteiger partial charge in [0.25, 0.3) is 0 Å². The van der Waals surface area contributed by atoms with Crippen molar-refractivity contribution in [2.75, 3.05) is 17.2 Å². The van der Waals surface area contributed by atoms with Crippen molar-refractivity contribution < 1.29 is 0 Å². The molecule has 2 rings (SSSR count). The molecule has 4 nitrogen and oxygen atoms in total. The van der Waals surface area contributed by atoms with Gasteiger partial charge in [-0.15, -0.1) is 0 Å². The zero-order chi connectivity index (χ0) is 15.4. The average Bonchev–Trinajstić information content (AvgIpc) is 2.45. The first-order chi connectivity index (χ1) is 10.0. The Balaban J connectivity index is 2.44. The second-order valence-corrected chi connectivity index (χ2v) is 6.05. The van der Waals surface area contributed by atoms with Crippen molar-refractivity contribution in [1.29, 1.82) is 0 Å². The molecule has 0 fully saturated rings. The van der Waals surface area contributed by atoms with Crippen LogP contribution in [-0.4, -0.2) is 16.5 Å². The summed E-state index contributed by atoms with van der Waals surface area (Å²) in [6, 6.07) is 8.02. The maximum atomic E-state index is 4.67. The van der Waals surface area contributed by atoms with Crippen molar-refractivity contribution in [3.63, 3.8) is 0 Å². The van der Waals surface area contributed by atoms with E-state index in [2.05, 4.69) is 57.3 Å². The SMILES string of the molecule is CCNc1nc(C(C)C)nc(Nc2ccccc2Br)c1C. The lowest BCUT2D eigenvalue weighted by atomic mass is 10.2. The Morgan fingerprint density at radius 3 is 2.43 bits per heavy atom. The van der Waals surface area contributed by atoms with Gasteiger partial charge in [0.05, 0.1) is 5.69 Å². The summed E-state index contributed by atoms with van der Waals surface area (Å²) in [4.78, 5) is 9.28. The Morgan fingerprint density at radius 2 is 1.81 bits per heavy atom. The normalized spacial score (nSPS) is 10.8. The highest BCUT2D eigenvalue weighted by Gasteiger charge is 2.13. The molecule has 0 spiro atoms. The molecule has 0 aliphatic heterocycles. The molecule has 112 valence electrons. The Morgan fingerprint density at radius 1 is 1.14 bits per heavy atom. The molecule has 1 aromatic heterocycles. The van der Waals surface area contributed by atoms with Gasteiger partial charge in [-0.3, -0.25) is 0 Å². The Bertz CT molecular complexity index is 626. The van der Waals surface area contributed by atoms with Crippen molar-refractivity contribution in [1.82, 2.24) is 9.97 Å². The van der Waals surface area contributed by atoms with Crippen LogP contribution in [0.15, 0.2) is 28.7 Å². The lowest BCUT2D eigenvalue weighted by Crippen LogP contribution is -2.10. The number of aromatic nitrogens is 2. The summed E-state index contributed by atoms with van der Waals surface area (Å²) in [5.74, 6) is 2.86. The molecule has 0 saturated carbocycles. The predicted octanol–water partition coefficient (Wildman–Crippen LogP) is 4.85. The second-order valence-electron chi connectivity index (χ2n) is 5.19. The van der Waals surface area contributed by atoms with Gasteiger partial charge in [0.1, 0.15) is 17.5 Å². The Kier molecular flexibility index (Phi) is 5.17. The first-order valence-corrected chi connectivity index (χ1v) is 7.96. The van der Waals surface area contributed by atoms with Crippen LogP contribution in [0, 0.1) is 6.92 Å². The van der Waals surface area contributed by atoms with Gasteiger partial charge in [-0.2, -0.15) is 0 Å². The first-order valence-electron chi connectivity index (χ1n) is 7.16. The Hall–Kier alpha value is -1.62. The summed E-state index contributed by atoms with van der Waals surface area (Å²) in [6.07, 6.45) is 0. The van der Waals surface area contributed by atoms with Crippen LogP contribution in [0.2, 0.25) is 0 Å². The third-order valence-electron chi connectivity index (χ3n) is 3.15. The van der Waals surface area contributed by atoms with Gasteiger partial charge in [0.15, 0.2) is 0 Å². The lowest BCUT2D eigenvalue weighted by molar-refractivity contribution is 0.774.